The highest BCUT2D eigenvalue weighted by molar-refractivity contribution is 5.45. The van der Waals surface area contributed by atoms with Crippen molar-refractivity contribution >= 4 is 0 Å². The molecule has 0 radical (unpaired) electrons. The number of aryl methyl sites for hydroxylation is 1. The van der Waals surface area contributed by atoms with Crippen molar-refractivity contribution in [3.8, 4) is 11.8 Å². The van der Waals surface area contributed by atoms with Crippen LogP contribution in [0, 0.1) is 17.7 Å². The Kier molecular flexibility index (Phi) is 4.33. The third-order valence-corrected chi connectivity index (χ3v) is 2.97. The highest BCUT2D eigenvalue weighted by Crippen LogP contribution is 2.10. The molecule has 2 heteroatoms. The summed E-state index contributed by atoms with van der Waals surface area (Å²) in [7, 11) is 0. The van der Waals surface area contributed by atoms with E-state index in [4.69, 9.17) is 5.73 Å². The fourth-order valence-corrected chi connectivity index (χ4v) is 1.75. The van der Waals surface area contributed by atoms with Crippen LogP contribution in [0.1, 0.15) is 29.2 Å². The standard InChI is InChI=1S/C17H16FN/c1-2-13-8-10-17(18)16(11-13)9-7-14-3-5-15(12-19)6-4-14/h3-6,8,10-11H,2,12,19H2,1H3. The third kappa shape index (κ3) is 3.43. The van der Waals surface area contributed by atoms with Crippen LogP contribution in [0.15, 0.2) is 42.5 Å². The average Bonchev–Trinajstić information content (AvgIpc) is 2.47. The number of nitrogens with two attached hydrogens (primary N) is 1. The Morgan fingerprint density at radius 2 is 1.68 bits per heavy atom. The molecule has 96 valence electrons. The van der Waals surface area contributed by atoms with E-state index in [0.29, 0.717) is 12.1 Å². The van der Waals surface area contributed by atoms with Crippen LogP contribution < -0.4 is 5.73 Å². The van der Waals surface area contributed by atoms with Crippen molar-refractivity contribution in [1.29, 1.82) is 0 Å². The predicted molar refractivity (Wildman–Crippen MR) is 76.1 cm³/mol. The van der Waals surface area contributed by atoms with Gasteiger partial charge in [0.05, 0.1) is 5.56 Å². The van der Waals surface area contributed by atoms with Gasteiger partial charge in [-0.3, -0.25) is 0 Å². The van der Waals surface area contributed by atoms with E-state index in [1.54, 1.807) is 12.1 Å². The molecule has 2 rings (SSSR count). The van der Waals surface area contributed by atoms with Crippen LogP contribution in [0.25, 0.3) is 0 Å². The Balaban J connectivity index is 2.27. The van der Waals surface area contributed by atoms with Crippen LogP contribution in [0.4, 0.5) is 4.39 Å². The molecular formula is C17H16FN. The van der Waals surface area contributed by atoms with E-state index in [1.807, 2.05) is 31.2 Å². The van der Waals surface area contributed by atoms with Crippen molar-refractivity contribution < 1.29 is 4.39 Å². The third-order valence-electron chi connectivity index (χ3n) is 2.97. The van der Waals surface area contributed by atoms with Crippen LogP contribution in [0.3, 0.4) is 0 Å². The summed E-state index contributed by atoms with van der Waals surface area (Å²) < 4.78 is 13.6. The summed E-state index contributed by atoms with van der Waals surface area (Å²) in [6.45, 7) is 2.55. The average molecular weight is 253 g/mol. The van der Waals surface area contributed by atoms with Crippen molar-refractivity contribution in [3.05, 3.63) is 70.5 Å². The first-order valence-electron chi connectivity index (χ1n) is 6.32. The van der Waals surface area contributed by atoms with E-state index in [1.165, 1.54) is 6.07 Å². The maximum Gasteiger partial charge on any atom is 0.138 e. The quantitative estimate of drug-likeness (QED) is 0.817. The Hall–Kier alpha value is -2.11. The van der Waals surface area contributed by atoms with Crippen molar-refractivity contribution in [2.24, 2.45) is 5.73 Å². The predicted octanol–water partition coefficient (Wildman–Crippen LogP) is 3.25. The van der Waals surface area contributed by atoms with E-state index in [0.717, 1.165) is 23.1 Å². The molecule has 0 spiro atoms. The molecule has 1 nitrogen and oxygen atoms in total. The van der Waals surface area contributed by atoms with Crippen molar-refractivity contribution in [2.45, 2.75) is 19.9 Å². The van der Waals surface area contributed by atoms with Gasteiger partial charge in [0.15, 0.2) is 0 Å². The zero-order chi connectivity index (χ0) is 13.7. The minimum Gasteiger partial charge on any atom is -0.326 e. The zero-order valence-electron chi connectivity index (χ0n) is 10.9. The number of benzene rings is 2. The van der Waals surface area contributed by atoms with Gasteiger partial charge in [-0.2, -0.15) is 0 Å². The van der Waals surface area contributed by atoms with Gasteiger partial charge in [-0.15, -0.1) is 0 Å². The van der Waals surface area contributed by atoms with Crippen LogP contribution in [-0.4, -0.2) is 0 Å². The summed E-state index contributed by atoms with van der Waals surface area (Å²) in [6.07, 6.45) is 0.875. The molecule has 0 bridgehead atoms. The van der Waals surface area contributed by atoms with Crippen LogP contribution >= 0.6 is 0 Å². The number of hydrogen-bond donors (Lipinski definition) is 1. The van der Waals surface area contributed by atoms with Crippen LogP contribution in [0.5, 0.6) is 0 Å². The molecule has 0 aliphatic heterocycles. The fourth-order valence-electron chi connectivity index (χ4n) is 1.75. The minimum atomic E-state index is -0.275. The Morgan fingerprint density at radius 1 is 1.00 bits per heavy atom. The van der Waals surface area contributed by atoms with E-state index in [9.17, 15) is 4.39 Å². The molecule has 0 saturated carbocycles. The summed E-state index contributed by atoms with van der Waals surface area (Å²) in [6, 6.07) is 12.7. The molecule has 0 aliphatic rings. The van der Waals surface area contributed by atoms with Crippen LogP contribution in [-0.2, 0) is 13.0 Å². The summed E-state index contributed by atoms with van der Waals surface area (Å²) in [4.78, 5) is 0. The second kappa shape index (κ2) is 6.17. The van der Waals surface area contributed by atoms with Crippen molar-refractivity contribution in [2.75, 3.05) is 0 Å². The molecular weight excluding hydrogens is 237 g/mol. The molecule has 0 aromatic heterocycles. The monoisotopic (exact) mass is 253 g/mol. The number of halogens is 1. The smallest absolute Gasteiger partial charge is 0.138 e. The van der Waals surface area contributed by atoms with Gasteiger partial charge >= 0.3 is 0 Å². The lowest BCUT2D eigenvalue weighted by atomic mass is 10.1. The number of hydrogen-bond acceptors (Lipinski definition) is 1. The topological polar surface area (TPSA) is 26.0 Å². The highest BCUT2D eigenvalue weighted by Gasteiger charge is 1.99. The maximum atomic E-state index is 13.6. The molecule has 2 aromatic rings. The summed E-state index contributed by atoms with van der Waals surface area (Å²) in [5.74, 6) is 5.58. The lowest BCUT2D eigenvalue weighted by Crippen LogP contribution is -1.95. The summed E-state index contributed by atoms with van der Waals surface area (Å²) in [5.41, 5.74) is 8.98. The molecule has 0 fully saturated rings. The van der Waals surface area contributed by atoms with Crippen molar-refractivity contribution in [3.63, 3.8) is 0 Å². The molecule has 19 heavy (non-hydrogen) atoms. The van der Waals surface area contributed by atoms with Gasteiger partial charge in [0.2, 0.25) is 0 Å². The lowest BCUT2D eigenvalue weighted by Gasteiger charge is -1.99. The molecule has 0 aliphatic carbocycles. The van der Waals surface area contributed by atoms with Gasteiger partial charge in [-0.25, -0.2) is 4.39 Å². The molecule has 2 N–H and O–H groups in total. The van der Waals surface area contributed by atoms with E-state index in [-0.39, 0.29) is 5.82 Å². The van der Waals surface area contributed by atoms with Gasteiger partial charge in [-0.05, 0) is 41.8 Å². The summed E-state index contributed by atoms with van der Waals surface area (Å²) >= 11 is 0. The van der Waals surface area contributed by atoms with E-state index in [2.05, 4.69) is 11.8 Å². The second-order valence-corrected chi connectivity index (χ2v) is 4.32. The zero-order valence-corrected chi connectivity index (χ0v) is 10.9. The lowest BCUT2D eigenvalue weighted by molar-refractivity contribution is 0.623. The fraction of sp³-hybridized carbons (Fsp3) is 0.176. The highest BCUT2D eigenvalue weighted by atomic mass is 19.1. The molecule has 0 atom stereocenters. The first-order valence-corrected chi connectivity index (χ1v) is 6.32. The van der Waals surface area contributed by atoms with E-state index < -0.39 is 0 Å². The minimum absolute atomic E-state index is 0.275. The normalized spacial score (nSPS) is 9.84. The van der Waals surface area contributed by atoms with Gasteiger partial charge in [0.1, 0.15) is 5.82 Å². The van der Waals surface area contributed by atoms with E-state index >= 15 is 0 Å². The molecule has 2 aromatic carbocycles. The van der Waals surface area contributed by atoms with Gasteiger partial charge in [0.25, 0.3) is 0 Å². The molecule has 0 unspecified atom stereocenters. The Labute approximate surface area is 113 Å². The summed E-state index contributed by atoms with van der Waals surface area (Å²) in [5, 5.41) is 0. The van der Waals surface area contributed by atoms with Gasteiger partial charge in [0, 0.05) is 12.1 Å². The largest absolute Gasteiger partial charge is 0.326 e. The first kappa shape index (κ1) is 13.3. The SMILES string of the molecule is CCc1ccc(F)c(C#Cc2ccc(CN)cc2)c1. The molecule has 0 heterocycles. The second-order valence-electron chi connectivity index (χ2n) is 4.32. The van der Waals surface area contributed by atoms with Gasteiger partial charge < -0.3 is 5.73 Å². The molecule has 0 amide bonds. The number of rotatable bonds is 2. The van der Waals surface area contributed by atoms with Crippen LogP contribution in [0.2, 0.25) is 0 Å². The maximum absolute atomic E-state index is 13.6. The van der Waals surface area contributed by atoms with Crippen molar-refractivity contribution in [1.82, 2.24) is 0 Å². The first-order chi connectivity index (χ1) is 9.22. The Bertz CT molecular complexity index is 618. The van der Waals surface area contributed by atoms with Gasteiger partial charge in [-0.1, -0.05) is 37.0 Å². The molecule has 0 saturated heterocycles. The Morgan fingerprint density at radius 3 is 2.32 bits per heavy atom.